The van der Waals surface area contributed by atoms with E-state index in [0.717, 1.165) is 16.5 Å². The topological polar surface area (TPSA) is 61.7 Å². The zero-order valence-electron chi connectivity index (χ0n) is 11.1. The van der Waals surface area contributed by atoms with Gasteiger partial charge < -0.3 is 20.3 Å². The highest BCUT2D eigenvalue weighted by molar-refractivity contribution is 5.84. The number of aliphatic hydroxyl groups is 2. The van der Waals surface area contributed by atoms with Gasteiger partial charge in [-0.05, 0) is 41.6 Å². The minimum Gasteiger partial charge on any atom is -0.497 e. The van der Waals surface area contributed by atoms with Crippen LogP contribution >= 0.6 is 0 Å². The molecule has 0 saturated heterocycles. The van der Waals surface area contributed by atoms with E-state index in [4.69, 9.17) is 4.74 Å². The van der Waals surface area contributed by atoms with Gasteiger partial charge >= 0.3 is 0 Å². The normalized spacial score (nSPS) is 14.3. The van der Waals surface area contributed by atoms with Gasteiger partial charge in [-0.3, -0.25) is 0 Å². The van der Waals surface area contributed by atoms with Crippen molar-refractivity contribution in [2.24, 2.45) is 0 Å². The number of ether oxygens (including phenoxy) is 1. The summed E-state index contributed by atoms with van der Waals surface area (Å²) in [5, 5.41) is 24.8. The van der Waals surface area contributed by atoms with Crippen LogP contribution in [-0.2, 0) is 0 Å². The van der Waals surface area contributed by atoms with Gasteiger partial charge in [0.15, 0.2) is 0 Å². The van der Waals surface area contributed by atoms with Crippen molar-refractivity contribution in [1.29, 1.82) is 0 Å². The summed E-state index contributed by atoms with van der Waals surface area (Å²) in [5.41, 5.74) is 0.709. The van der Waals surface area contributed by atoms with Crippen LogP contribution in [0.1, 0.15) is 11.7 Å². The Morgan fingerprint density at radius 3 is 2.47 bits per heavy atom. The van der Waals surface area contributed by atoms with Crippen LogP contribution in [0.4, 0.5) is 0 Å². The molecular formula is C15H19NO3. The first-order chi connectivity index (χ1) is 9.15. The number of rotatable bonds is 5. The molecule has 0 aliphatic carbocycles. The van der Waals surface area contributed by atoms with Crippen molar-refractivity contribution in [3.05, 3.63) is 42.0 Å². The average molecular weight is 261 g/mol. The van der Waals surface area contributed by atoms with E-state index in [1.807, 2.05) is 36.4 Å². The van der Waals surface area contributed by atoms with Gasteiger partial charge in [0.05, 0.1) is 13.2 Å². The quantitative estimate of drug-likeness (QED) is 0.762. The van der Waals surface area contributed by atoms with Crippen LogP contribution in [0, 0.1) is 0 Å². The smallest absolute Gasteiger partial charge is 0.119 e. The van der Waals surface area contributed by atoms with Gasteiger partial charge in [-0.1, -0.05) is 18.2 Å². The molecular weight excluding hydrogens is 242 g/mol. The van der Waals surface area contributed by atoms with Crippen LogP contribution in [0.2, 0.25) is 0 Å². The Hall–Kier alpha value is -1.62. The molecule has 0 amide bonds. The Kier molecular flexibility index (Phi) is 4.37. The molecule has 0 aliphatic heterocycles. The molecule has 102 valence electrons. The minimum absolute atomic E-state index is 0.349. The number of benzene rings is 2. The van der Waals surface area contributed by atoms with Crippen molar-refractivity contribution in [3.63, 3.8) is 0 Å². The number of aliphatic hydroxyl groups excluding tert-OH is 2. The van der Waals surface area contributed by atoms with Gasteiger partial charge in [-0.15, -0.1) is 0 Å². The van der Waals surface area contributed by atoms with Gasteiger partial charge in [-0.2, -0.15) is 0 Å². The van der Waals surface area contributed by atoms with Crippen LogP contribution in [0.5, 0.6) is 5.75 Å². The molecule has 0 aromatic heterocycles. The van der Waals surface area contributed by atoms with Crippen LogP contribution in [0.25, 0.3) is 10.8 Å². The second-order valence-corrected chi connectivity index (χ2v) is 4.54. The molecule has 2 aromatic rings. The summed E-state index contributed by atoms with van der Waals surface area (Å²) in [5.74, 6) is 0.802. The van der Waals surface area contributed by atoms with Crippen molar-refractivity contribution in [2.45, 2.75) is 12.2 Å². The van der Waals surface area contributed by atoms with Crippen LogP contribution in [-0.4, -0.2) is 37.0 Å². The van der Waals surface area contributed by atoms with Crippen molar-refractivity contribution in [1.82, 2.24) is 5.32 Å². The van der Waals surface area contributed by atoms with Gasteiger partial charge in [0.25, 0.3) is 0 Å². The highest BCUT2D eigenvalue weighted by atomic mass is 16.5. The predicted octanol–water partition coefficient (Wildman–Crippen LogP) is 1.46. The van der Waals surface area contributed by atoms with E-state index in [9.17, 15) is 10.2 Å². The highest BCUT2D eigenvalue weighted by Crippen LogP contribution is 2.25. The zero-order valence-corrected chi connectivity index (χ0v) is 11.1. The first-order valence-corrected chi connectivity index (χ1v) is 6.24. The molecule has 2 unspecified atom stereocenters. The largest absolute Gasteiger partial charge is 0.497 e. The lowest BCUT2D eigenvalue weighted by molar-refractivity contribution is 0.0203. The number of hydrogen-bond acceptors (Lipinski definition) is 4. The van der Waals surface area contributed by atoms with Crippen LogP contribution in [0.15, 0.2) is 36.4 Å². The predicted molar refractivity (Wildman–Crippen MR) is 75.4 cm³/mol. The number of hydrogen-bond donors (Lipinski definition) is 3. The standard InChI is InChI=1S/C15H19NO3/c1-16-9-14(17)15(18)12-4-3-11-8-13(19-2)6-5-10(11)7-12/h3-8,14-18H,9H2,1-2H3. The van der Waals surface area contributed by atoms with Gasteiger partial charge in [0.2, 0.25) is 0 Å². The van der Waals surface area contributed by atoms with Gasteiger partial charge in [0.1, 0.15) is 11.9 Å². The van der Waals surface area contributed by atoms with Crippen LogP contribution < -0.4 is 10.1 Å². The lowest BCUT2D eigenvalue weighted by atomic mass is 10.00. The summed E-state index contributed by atoms with van der Waals surface area (Å²) in [6.45, 7) is 0.349. The summed E-state index contributed by atoms with van der Waals surface area (Å²) in [6.07, 6.45) is -1.71. The summed E-state index contributed by atoms with van der Waals surface area (Å²) in [6, 6.07) is 11.4. The lowest BCUT2D eigenvalue weighted by Crippen LogP contribution is -2.29. The fraction of sp³-hybridized carbons (Fsp3) is 0.333. The lowest BCUT2D eigenvalue weighted by Gasteiger charge is -2.18. The third-order valence-corrected chi connectivity index (χ3v) is 3.19. The Bertz CT molecular complexity index is 556. The second-order valence-electron chi connectivity index (χ2n) is 4.54. The Morgan fingerprint density at radius 2 is 1.79 bits per heavy atom. The Balaban J connectivity index is 2.31. The summed E-state index contributed by atoms with van der Waals surface area (Å²) in [4.78, 5) is 0. The van der Waals surface area contributed by atoms with Gasteiger partial charge in [0, 0.05) is 6.54 Å². The molecule has 4 nitrogen and oxygen atoms in total. The molecule has 0 fully saturated rings. The van der Waals surface area contributed by atoms with Crippen molar-refractivity contribution >= 4 is 10.8 Å². The molecule has 0 spiro atoms. The molecule has 3 N–H and O–H groups in total. The maximum absolute atomic E-state index is 10.1. The molecule has 0 aliphatic rings. The Labute approximate surface area is 112 Å². The first-order valence-electron chi connectivity index (χ1n) is 6.24. The van der Waals surface area contributed by atoms with E-state index in [0.29, 0.717) is 12.1 Å². The maximum Gasteiger partial charge on any atom is 0.119 e. The second kappa shape index (κ2) is 6.02. The third kappa shape index (κ3) is 3.04. The average Bonchev–Trinajstić information content (AvgIpc) is 2.45. The molecule has 19 heavy (non-hydrogen) atoms. The number of likely N-dealkylation sites (N-methyl/N-ethyl adjacent to an activating group) is 1. The third-order valence-electron chi connectivity index (χ3n) is 3.19. The number of methoxy groups -OCH3 is 1. The molecule has 2 aromatic carbocycles. The van der Waals surface area contributed by atoms with Crippen LogP contribution in [0.3, 0.4) is 0 Å². The van der Waals surface area contributed by atoms with Crippen molar-refractivity contribution in [2.75, 3.05) is 20.7 Å². The summed E-state index contributed by atoms with van der Waals surface area (Å²) < 4.78 is 5.17. The minimum atomic E-state index is -0.890. The SMILES string of the molecule is CNCC(O)C(O)c1ccc2cc(OC)ccc2c1. The van der Waals surface area contributed by atoms with Gasteiger partial charge in [-0.25, -0.2) is 0 Å². The van der Waals surface area contributed by atoms with Crippen molar-refractivity contribution in [3.8, 4) is 5.75 Å². The Morgan fingerprint density at radius 1 is 1.11 bits per heavy atom. The number of fused-ring (bicyclic) bond motifs is 1. The number of nitrogens with one attached hydrogen (secondary N) is 1. The molecule has 2 rings (SSSR count). The molecule has 2 atom stereocenters. The molecule has 0 heterocycles. The zero-order chi connectivity index (χ0) is 13.8. The van der Waals surface area contributed by atoms with Crippen molar-refractivity contribution < 1.29 is 14.9 Å². The molecule has 0 radical (unpaired) electrons. The fourth-order valence-corrected chi connectivity index (χ4v) is 2.10. The van der Waals surface area contributed by atoms with E-state index < -0.39 is 12.2 Å². The molecule has 0 saturated carbocycles. The van der Waals surface area contributed by atoms with E-state index in [1.165, 1.54) is 0 Å². The maximum atomic E-state index is 10.1. The fourth-order valence-electron chi connectivity index (χ4n) is 2.10. The summed E-state index contributed by atoms with van der Waals surface area (Å²) >= 11 is 0. The van der Waals surface area contributed by atoms with E-state index in [-0.39, 0.29) is 0 Å². The van der Waals surface area contributed by atoms with E-state index in [1.54, 1.807) is 14.2 Å². The van der Waals surface area contributed by atoms with E-state index in [2.05, 4.69) is 5.32 Å². The monoisotopic (exact) mass is 261 g/mol. The molecule has 4 heteroatoms. The first kappa shape index (κ1) is 13.8. The molecule has 0 bridgehead atoms. The highest BCUT2D eigenvalue weighted by Gasteiger charge is 2.17. The summed E-state index contributed by atoms with van der Waals surface area (Å²) in [7, 11) is 3.37. The van der Waals surface area contributed by atoms with E-state index >= 15 is 0 Å².